The second-order valence-electron chi connectivity index (χ2n) is 9.42. The Hall–Kier alpha value is -2.49. The number of likely N-dealkylation sites (tertiary alicyclic amines) is 1. The van der Waals surface area contributed by atoms with Crippen LogP contribution in [-0.4, -0.2) is 66.3 Å². The van der Waals surface area contributed by atoms with Crippen LogP contribution in [0.4, 0.5) is 4.39 Å². The van der Waals surface area contributed by atoms with Gasteiger partial charge in [0.15, 0.2) is 0 Å². The number of hydrogen-bond donors (Lipinski definition) is 1. The molecule has 0 unspecified atom stereocenters. The Morgan fingerprint density at radius 2 is 1.92 bits per heavy atom. The predicted molar refractivity (Wildman–Crippen MR) is 134 cm³/mol. The van der Waals surface area contributed by atoms with Crippen LogP contribution >= 0.6 is 11.6 Å². The summed E-state index contributed by atoms with van der Waals surface area (Å²) >= 11 is 5.76. The number of halogens is 2. The number of piperidine rings is 1. The highest BCUT2D eigenvalue weighted by Crippen LogP contribution is 2.26. The van der Waals surface area contributed by atoms with Crippen LogP contribution < -0.4 is 14.8 Å². The first-order chi connectivity index (χ1) is 17.4. The van der Waals surface area contributed by atoms with Gasteiger partial charge in [-0.15, -0.1) is 0 Å². The van der Waals surface area contributed by atoms with E-state index in [0.717, 1.165) is 25.7 Å². The number of ether oxygens (including phenoxy) is 3. The summed E-state index contributed by atoms with van der Waals surface area (Å²) in [6, 6.07) is 5.22. The Balaban J connectivity index is 1.40. The first-order valence-electron chi connectivity index (χ1n) is 12.5. The van der Waals surface area contributed by atoms with E-state index in [9.17, 15) is 9.18 Å². The molecule has 1 aromatic heterocycles. The number of nitrogens with zero attached hydrogens (tertiary/aromatic N) is 3. The molecule has 196 valence electrons. The van der Waals surface area contributed by atoms with Gasteiger partial charge in [0, 0.05) is 37.8 Å². The summed E-state index contributed by atoms with van der Waals surface area (Å²) in [6.45, 7) is 3.07. The Kier molecular flexibility index (Phi) is 8.98. The molecule has 1 amide bonds. The van der Waals surface area contributed by atoms with E-state index in [1.54, 1.807) is 20.1 Å². The lowest BCUT2D eigenvalue weighted by Gasteiger charge is -2.38. The molecule has 36 heavy (non-hydrogen) atoms. The van der Waals surface area contributed by atoms with E-state index in [2.05, 4.69) is 15.3 Å². The second kappa shape index (κ2) is 12.2. The molecular weight excluding hydrogens is 487 g/mol. The van der Waals surface area contributed by atoms with Gasteiger partial charge in [0.2, 0.25) is 5.88 Å². The van der Waals surface area contributed by atoms with E-state index in [-0.39, 0.29) is 41.2 Å². The fourth-order valence-electron chi connectivity index (χ4n) is 4.97. The van der Waals surface area contributed by atoms with Crippen LogP contribution in [0.1, 0.15) is 60.1 Å². The molecule has 10 heteroatoms. The van der Waals surface area contributed by atoms with Crippen molar-refractivity contribution >= 4 is 17.5 Å². The number of carbonyl (C=O) groups excluding carboxylic acids is 1. The molecule has 2 atom stereocenters. The summed E-state index contributed by atoms with van der Waals surface area (Å²) in [4.78, 5) is 23.8. The highest BCUT2D eigenvalue weighted by atomic mass is 35.5. The molecular formula is C26H34ClFN4O4. The van der Waals surface area contributed by atoms with Gasteiger partial charge in [-0.2, -0.15) is 9.97 Å². The third-order valence-corrected chi connectivity index (χ3v) is 7.37. The molecule has 0 spiro atoms. The van der Waals surface area contributed by atoms with Crippen molar-refractivity contribution < 1.29 is 23.4 Å². The molecule has 2 aromatic rings. The minimum atomic E-state index is -0.523. The zero-order chi connectivity index (χ0) is 25.7. The van der Waals surface area contributed by atoms with E-state index in [1.807, 2.05) is 4.90 Å². The molecule has 1 saturated carbocycles. The van der Waals surface area contributed by atoms with Gasteiger partial charge in [-0.3, -0.25) is 4.79 Å². The molecule has 1 saturated heterocycles. The van der Waals surface area contributed by atoms with E-state index in [0.29, 0.717) is 36.3 Å². The normalized spacial score (nSPS) is 20.9. The maximum absolute atomic E-state index is 13.8. The van der Waals surface area contributed by atoms with Crippen molar-refractivity contribution in [2.75, 3.05) is 27.3 Å². The van der Waals surface area contributed by atoms with Gasteiger partial charge in [-0.05, 0) is 50.3 Å². The average Bonchev–Trinajstić information content (AvgIpc) is 2.90. The number of rotatable bonds is 8. The van der Waals surface area contributed by atoms with E-state index in [1.165, 1.54) is 32.1 Å². The van der Waals surface area contributed by atoms with Crippen molar-refractivity contribution in [1.82, 2.24) is 20.2 Å². The van der Waals surface area contributed by atoms with Crippen LogP contribution in [-0.2, 0) is 11.3 Å². The molecule has 1 aliphatic carbocycles. The van der Waals surface area contributed by atoms with Crippen LogP contribution in [0.2, 0.25) is 5.02 Å². The lowest BCUT2D eigenvalue weighted by Crippen LogP contribution is -2.52. The van der Waals surface area contributed by atoms with Gasteiger partial charge in [-0.1, -0.05) is 30.5 Å². The molecule has 4 rings (SSSR count). The first kappa shape index (κ1) is 26.6. The maximum Gasteiger partial charge on any atom is 0.320 e. The van der Waals surface area contributed by atoms with Crippen LogP contribution in [0.5, 0.6) is 11.9 Å². The highest BCUT2D eigenvalue weighted by Gasteiger charge is 2.31. The Morgan fingerprint density at radius 1 is 1.17 bits per heavy atom. The molecule has 8 nitrogen and oxygen atoms in total. The van der Waals surface area contributed by atoms with Crippen molar-refractivity contribution in [3.8, 4) is 11.9 Å². The third-order valence-electron chi connectivity index (χ3n) is 7.06. The summed E-state index contributed by atoms with van der Waals surface area (Å²) in [5, 5.41) is 3.82. The largest absolute Gasteiger partial charge is 0.472 e. The number of methoxy groups -OCH3 is 2. The standard InChI is InChI=1S/C26H34ClFN4O4/c1-16-23(30-26(35-3)31-24(16)36-15-17-8-9-19(27)20(28)14-17)25(33)32-12-10-18(11-13-32)29-21-6-4-5-7-22(21)34-2/h8-9,14,18,21-22,29H,4-7,10-13,15H2,1-3H3/t21-,22+/m0/s1. The highest BCUT2D eigenvalue weighted by molar-refractivity contribution is 6.30. The van der Waals surface area contributed by atoms with Gasteiger partial charge in [0.25, 0.3) is 5.91 Å². The summed E-state index contributed by atoms with van der Waals surface area (Å²) in [5.41, 5.74) is 1.35. The number of nitrogens with one attached hydrogen (secondary N) is 1. The molecule has 0 bridgehead atoms. The zero-order valence-electron chi connectivity index (χ0n) is 21.1. The minimum absolute atomic E-state index is 0.0423. The van der Waals surface area contributed by atoms with E-state index >= 15 is 0 Å². The number of aromatic nitrogens is 2. The molecule has 1 aromatic carbocycles. The maximum atomic E-state index is 13.8. The van der Waals surface area contributed by atoms with Gasteiger partial charge < -0.3 is 24.4 Å². The smallest absolute Gasteiger partial charge is 0.320 e. The summed E-state index contributed by atoms with van der Waals surface area (Å²) in [7, 11) is 3.23. The average molecular weight is 521 g/mol. The van der Waals surface area contributed by atoms with Crippen molar-refractivity contribution in [3.05, 3.63) is 45.9 Å². The van der Waals surface area contributed by atoms with Gasteiger partial charge >= 0.3 is 6.01 Å². The van der Waals surface area contributed by atoms with E-state index in [4.69, 9.17) is 25.8 Å². The van der Waals surface area contributed by atoms with Crippen molar-refractivity contribution in [2.24, 2.45) is 0 Å². The molecule has 2 heterocycles. The molecule has 0 radical (unpaired) electrons. The fourth-order valence-corrected chi connectivity index (χ4v) is 5.09. The van der Waals surface area contributed by atoms with Gasteiger partial charge in [-0.25, -0.2) is 4.39 Å². The Morgan fingerprint density at radius 3 is 2.61 bits per heavy atom. The second-order valence-corrected chi connectivity index (χ2v) is 9.83. The van der Waals surface area contributed by atoms with Crippen molar-refractivity contribution in [2.45, 2.75) is 70.2 Å². The Labute approximate surface area is 216 Å². The number of benzene rings is 1. The lowest BCUT2D eigenvalue weighted by molar-refractivity contribution is 0.0329. The van der Waals surface area contributed by atoms with Crippen LogP contribution in [0.25, 0.3) is 0 Å². The summed E-state index contributed by atoms with van der Waals surface area (Å²) in [5.74, 6) is -0.480. The molecule has 1 aliphatic heterocycles. The summed E-state index contributed by atoms with van der Waals surface area (Å²) in [6.07, 6.45) is 6.66. The minimum Gasteiger partial charge on any atom is -0.472 e. The van der Waals surface area contributed by atoms with Crippen molar-refractivity contribution in [3.63, 3.8) is 0 Å². The SMILES string of the molecule is COc1nc(OCc2ccc(Cl)c(F)c2)c(C)c(C(=O)N2CCC(N[C@H]3CCCC[C@H]3OC)CC2)n1. The van der Waals surface area contributed by atoms with Gasteiger partial charge in [0.05, 0.1) is 18.2 Å². The van der Waals surface area contributed by atoms with Gasteiger partial charge in [0.1, 0.15) is 18.1 Å². The first-order valence-corrected chi connectivity index (χ1v) is 12.8. The van der Waals surface area contributed by atoms with Crippen molar-refractivity contribution in [1.29, 1.82) is 0 Å². The lowest BCUT2D eigenvalue weighted by atomic mass is 9.90. The molecule has 1 N–H and O–H groups in total. The number of carbonyl (C=O) groups is 1. The Bertz CT molecular complexity index is 1060. The summed E-state index contributed by atoms with van der Waals surface area (Å²) < 4.78 is 30.5. The van der Waals surface area contributed by atoms with Crippen LogP contribution in [0, 0.1) is 12.7 Å². The zero-order valence-corrected chi connectivity index (χ0v) is 21.8. The third kappa shape index (κ3) is 6.25. The topological polar surface area (TPSA) is 85.8 Å². The quantitative estimate of drug-likeness (QED) is 0.555. The molecule has 2 fully saturated rings. The monoisotopic (exact) mass is 520 g/mol. The van der Waals surface area contributed by atoms with E-state index < -0.39 is 5.82 Å². The van der Waals surface area contributed by atoms with Crippen LogP contribution in [0.3, 0.4) is 0 Å². The van der Waals surface area contributed by atoms with Crippen LogP contribution in [0.15, 0.2) is 18.2 Å². The molecule has 2 aliphatic rings. The predicted octanol–water partition coefficient (Wildman–Crippen LogP) is 4.32. The number of hydrogen-bond acceptors (Lipinski definition) is 7. The fraction of sp³-hybridized carbons (Fsp3) is 0.577. The number of amides is 1.